The van der Waals surface area contributed by atoms with Crippen molar-refractivity contribution in [3.63, 3.8) is 0 Å². The summed E-state index contributed by atoms with van der Waals surface area (Å²) >= 11 is 0. The maximum absolute atomic E-state index is 5.89. The Morgan fingerprint density at radius 2 is 2.44 bits per heavy atom. The lowest BCUT2D eigenvalue weighted by Gasteiger charge is -2.38. The van der Waals surface area contributed by atoms with Crippen molar-refractivity contribution < 1.29 is 9.47 Å². The maximum Gasteiger partial charge on any atom is 0.0991 e. The average molecular weight is 248 g/mol. The molecule has 1 aromatic heterocycles. The van der Waals surface area contributed by atoms with Gasteiger partial charge in [-0.25, -0.2) is 0 Å². The lowest BCUT2D eigenvalue weighted by atomic mass is 10.1. The number of morpholine rings is 1. The smallest absolute Gasteiger partial charge is 0.0991 e. The van der Waals surface area contributed by atoms with Crippen molar-refractivity contribution >= 4 is 0 Å². The fourth-order valence-corrected chi connectivity index (χ4v) is 3.17. The van der Waals surface area contributed by atoms with Crippen molar-refractivity contribution in [1.29, 1.82) is 0 Å². The highest BCUT2D eigenvalue weighted by atomic mass is 16.5. The number of hydrogen-bond donors (Lipinski definition) is 0. The van der Waals surface area contributed by atoms with Crippen LogP contribution in [0.25, 0.3) is 0 Å². The fourth-order valence-electron chi connectivity index (χ4n) is 3.17. The van der Waals surface area contributed by atoms with Gasteiger partial charge in [-0.15, -0.1) is 0 Å². The van der Waals surface area contributed by atoms with Gasteiger partial charge >= 0.3 is 0 Å². The third-order valence-electron chi connectivity index (χ3n) is 4.06. The number of fused-ring (bicyclic) bond motifs is 1. The zero-order chi connectivity index (χ0) is 12.4. The van der Waals surface area contributed by atoms with Gasteiger partial charge in [0.25, 0.3) is 0 Å². The van der Waals surface area contributed by atoms with E-state index in [0.29, 0.717) is 6.04 Å². The molecule has 2 heterocycles. The molecule has 2 aliphatic rings. The highest BCUT2D eigenvalue weighted by Crippen LogP contribution is 2.32. The summed E-state index contributed by atoms with van der Waals surface area (Å²) < 4.78 is 11.4. The molecule has 0 unspecified atom stereocenters. The third kappa shape index (κ3) is 2.28. The Hall–Kier alpha value is -0.970. The normalized spacial score (nSPS) is 32.4. The predicted octanol–water partition coefficient (Wildman–Crippen LogP) is 1.46. The van der Waals surface area contributed by atoms with Crippen LogP contribution in [0.3, 0.4) is 0 Å². The van der Waals surface area contributed by atoms with Gasteiger partial charge in [-0.2, -0.15) is 0 Å². The van der Waals surface area contributed by atoms with Crippen LogP contribution in [0.4, 0.5) is 0 Å². The van der Waals surface area contributed by atoms with Gasteiger partial charge in [0.05, 0.1) is 18.8 Å². The molecule has 4 heteroatoms. The second-order valence-electron chi connectivity index (χ2n) is 5.09. The zero-order valence-electron chi connectivity index (χ0n) is 10.8. The summed E-state index contributed by atoms with van der Waals surface area (Å²) in [5, 5.41) is 0. The van der Waals surface area contributed by atoms with Crippen LogP contribution < -0.4 is 0 Å². The van der Waals surface area contributed by atoms with E-state index in [1.165, 1.54) is 12.0 Å². The summed E-state index contributed by atoms with van der Waals surface area (Å²) in [4.78, 5) is 6.70. The fraction of sp³-hybridized carbons (Fsp3) is 0.643. The zero-order valence-corrected chi connectivity index (χ0v) is 10.8. The molecule has 0 amide bonds. The first kappa shape index (κ1) is 12.1. The first-order chi connectivity index (χ1) is 8.88. The second kappa shape index (κ2) is 5.34. The molecule has 98 valence electrons. The van der Waals surface area contributed by atoms with Crippen LogP contribution in [0.2, 0.25) is 0 Å². The standard InChI is InChI=1S/C14H20N2O2/c1-17-13-5-4-12-14(13)18-8-7-16(12)10-11-3-2-6-15-9-11/h2-3,6,9,12-14H,4-5,7-8,10H2,1H3/t12-,13+,14+/m0/s1. The Labute approximate surface area is 108 Å². The van der Waals surface area contributed by atoms with Gasteiger partial charge < -0.3 is 9.47 Å². The van der Waals surface area contributed by atoms with Gasteiger partial charge in [-0.05, 0) is 24.5 Å². The minimum atomic E-state index is 0.250. The van der Waals surface area contributed by atoms with E-state index in [9.17, 15) is 0 Å². The molecule has 1 saturated heterocycles. The molecule has 0 radical (unpaired) electrons. The predicted molar refractivity (Wildman–Crippen MR) is 68.2 cm³/mol. The van der Waals surface area contributed by atoms with Crippen molar-refractivity contribution in [3.8, 4) is 0 Å². The summed E-state index contributed by atoms with van der Waals surface area (Å²) in [6.45, 7) is 2.78. The first-order valence-corrected chi connectivity index (χ1v) is 6.66. The van der Waals surface area contributed by atoms with Crippen molar-refractivity contribution in [3.05, 3.63) is 30.1 Å². The summed E-state index contributed by atoms with van der Waals surface area (Å²) in [6, 6.07) is 4.64. The first-order valence-electron chi connectivity index (χ1n) is 6.66. The quantitative estimate of drug-likeness (QED) is 0.811. The molecule has 0 N–H and O–H groups in total. The monoisotopic (exact) mass is 248 g/mol. The number of rotatable bonds is 3. The summed E-state index contributed by atoms with van der Waals surface area (Å²) in [5.74, 6) is 0. The van der Waals surface area contributed by atoms with Crippen molar-refractivity contribution in [1.82, 2.24) is 9.88 Å². The molecular weight excluding hydrogens is 228 g/mol. The topological polar surface area (TPSA) is 34.6 Å². The highest BCUT2D eigenvalue weighted by molar-refractivity contribution is 5.09. The number of hydrogen-bond acceptors (Lipinski definition) is 4. The summed E-state index contributed by atoms with van der Waals surface area (Å²) in [5.41, 5.74) is 1.28. The van der Waals surface area contributed by atoms with Crippen molar-refractivity contribution in [2.75, 3.05) is 20.3 Å². The molecule has 1 aliphatic heterocycles. The Morgan fingerprint density at radius 1 is 1.50 bits per heavy atom. The van der Waals surface area contributed by atoms with Crippen LogP contribution in [-0.2, 0) is 16.0 Å². The lowest BCUT2D eigenvalue weighted by Crippen LogP contribution is -2.51. The number of aromatic nitrogens is 1. The van der Waals surface area contributed by atoms with Gasteiger partial charge in [0.1, 0.15) is 0 Å². The van der Waals surface area contributed by atoms with Crippen LogP contribution in [-0.4, -0.2) is 48.4 Å². The van der Waals surface area contributed by atoms with E-state index in [-0.39, 0.29) is 12.2 Å². The van der Waals surface area contributed by atoms with E-state index in [1.807, 2.05) is 18.5 Å². The number of methoxy groups -OCH3 is 1. The van der Waals surface area contributed by atoms with E-state index in [4.69, 9.17) is 9.47 Å². The van der Waals surface area contributed by atoms with Gasteiger partial charge in [-0.1, -0.05) is 6.07 Å². The van der Waals surface area contributed by atoms with E-state index in [2.05, 4.69) is 16.0 Å². The Balaban J connectivity index is 1.69. The van der Waals surface area contributed by atoms with Crippen LogP contribution in [0.1, 0.15) is 18.4 Å². The van der Waals surface area contributed by atoms with Crippen LogP contribution >= 0.6 is 0 Å². The molecule has 3 atom stereocenters. The van der Waals surface area contributed by atoms with Crippen molar-refractivity contribution in [2.45, 2.75) is 37.6 Å². The lowest BCUT2D eigenvalue weighted by molar-refractivity contribution is -0.106. The summed E-state index contributed by atoms with van der Waals surface area (Å²) in [6.07, 6.45) is 6.57. The summed E-state index contributed by atoms with van der Waals surface area (Å²) in [7, 11) is 1.79. The molecule has 1 aromatic rings. The van der Waals surface area contributed by atoms with Gasteiger partial charge in [-0.3, -0.25) is 9.88 Å². The average Bonchev–Trinajstić information content (AvgIpc) is 2.84. The van der Waals surface area contributed by atoms with Gasteiger partial charge in [0, 0.05) is 38.6 Å². The largest absolute Gasteiger partial charge is 0.379 e. The molecule has 3 rings (SSSR count). The van der Waals surface area contributed by atoms with Crippen LogP contribution in [0, 0.1) is 0 Å². The molecular formula is C14H20N2O2. The van der Waals surface area contributed by atoms with E-state index >= 15 is 0 Å². The molecule has 4 nitrogen and oxygen atoms in total. The van der Waals surface area contributed by atoms with Gasteiger partial charge in [0.2, 0.25) is 0 Å². The third-order valence-corrected chi connectivity index (χ3v) is 4.06. The molecule has 2 fully saturated rings. The Kier molecular flexibility index (Phi) is 3.59. The number of nitrogens with zero attached hydrogens (tertiary/aromatic N) is 2. The molecule has 1 saturated carbocycles. The maximum atomic E-state index is 5.89. The SMILES string of the molecule is CO[C@@H]1CC[C@H]2[C@H]1OCCN2Cc1cccnc1. The van der Waals surface area contributed by atoms with Gasteiger partial charge in [0.15, 0.2) is 0 Å². The molecule has 0 spiro atoms. The Bertz CT molecular complexity index is 385. The Morgan fingerprint density at radius 3 is 3.22 bits per heavy atom. The second-order valence-corrected chi connectivity index (χ2v) is 5.09. The molecule has 0 aromatic carbocycles. The minimum absolute atomic E-state index is 0.250. The minimum Gasteiger partial charge on any atom is -0.379 e. The number of pyridine rings is 1. The van der Waals surface area contributed by atoms with E-state index in [0.717, 1.165) is 26.1 Å². The van der Waals surface area contributed by atoms with Crippen LogP contribution in [0.15, 0.2) is 24.5 Å². The molecule has 1 aliphatic carbocycles. The van der Waals surface area contributed by atoms with E-state index < -0.39 is 0 Å². The molecule has 0 bridgehead atoms. The molecule has 18 heavy (non-hydrogen) atoms. The van der Waals surface area contributed by atoms with Crippen LogP contribution in [0.5, 0.6) is 0 Å². The van der Waals surface area contributed by atoms with Crippen molar-refractivity contribution in [2.24, 2.45) is 0 Å². The highest BCUT2D eigenvalue weighted by Gasteiger charge is 2.42. The van der Waals surface area contributed by atoms with E-state index in [1.54, 1.807) is 7.11 Å². The number of ether oxygens (including phenoxy) is 2.